The number of carbonyl (C=O) groups excluding carboxylic acids is 1. The Hall–Kier alpha value is -1.97. The number of aromatic nitrogens is 2. The van der Waals surface area contributed by atoms with Crippen LogP contribution in [-0.2, 0) is 6.54 Å². The Kier molecular flexibility index (Phi) is 4.02. The average molecular weight is 308 g/mol. The van der Waals surface area contributed by atoms with Crippen molar-refractivity contribution >= 4 is 28.7 Å². The van der Waals surface area contributed by atoms with Gasteiger partial charge in [0.25, 0.3) is 5.56 Å². The fourth-order valence-corrected chi connectivity index (χ4v) is 2.66. The van der Waals surface area contributed by atoms with E-state index in [1.54, 1.807) is 26.0 Å². The third-order valence-corrected chi connectivity index (χ3v) is 4.16. The molecule has 2 heterocycles. The zero-order chi connectivity index (χ0) is 14.9. The summed E-state index contributed by atoms with van der Waals surface area (Å²) in [7, 11) is 0. The molecule has 0 aliphatic rings. The number of halogens is 1. The Morgan fingerprint density at radius 2 is 2.20 bits per heavy atom. The molecule has 0 aromatic carbocycles. The second kappa shape index (κ2) is 5.57. The first kappa shape index (κ1) is 14.4. The molecular weight excluding hydrogens is 298 g/mol. The van der Waals surface area contributed by atoms with E-state index < -0.39 is 5.56 Å². The highest BCUT2D eigenvalue weighted by Crippen LogP contribution is 2.22. The minimum atomic E-state index is -0.549. The lowest BCUT2D eigenvalue weighted by Crippen LogP contribution is -2.30. The fourth-order valence-electron chi connectivity index (χ4n) is 1.69. The van der Waals surface area contributed by atoms with Gasteiger partial charge in [-0.05, 0) is 31.5 Å². The number of hydrogen-bond donors (Lipinski definition) is 0. The molecule has 0 amide bonds. The van der Waals surface area contributed by atoms with Crippen LogP contribution in [0.4, 0.5) is 0 Å². The van der Waals surface area contributed by atoms with E-state index in [0.717, 1.165) is 16.0 Å². The maximum absolute atomic E-state index is 12.0. The SMILES string of the molecule is Cc1nn(CC(=O)c2ccc(Cl)s2)c(=O)c(C#N)c1C. The van der Waals surface area contributed by atoms with Gasteiger partial charge >= 0.3 is 0 Å². The zero-order valence-electron chi connectivity index (χ0n) is 10.8. The number of thiophene rings is 1. The van der Waals surface area contributed by atoms with Gasteiger partial charge in [0.2, 0.25) is 0 Å². The lowest BCUT2D eigenvalue weighted by atomic mass is 10.1. The topological polar surface area (TPSA) is 75.8 Å². The van der Waals surface area contributed by atoms with Gasteiger partial charge in [0.1, 0.15) is 18.2 Å². The van der Waals surface area contributed by atoms with Gasteiger partial charge in [-0.15, -0.1) is 11.3 Å². The predicted octanol–water partition coefficient (Wildman–Crippen LogP) is 2.33. The van der Waals surface area contributed by atoms with Gasteiger partial charge in [0.05, 0.1) is 14.9 Å². The van der Waals surface area contributed by atoms with Gasteiger partial charge in [-0.1, -0.05) is 11.6 Å². The van der Waals surface area contributed by atoms with Crippen molar-refractivity contribution in [3.05, 3.63) is 48.5 Å². The lowest BCUT2D eigenvalue weighted by molar-refractivity contribution is 0.0969. The zero-order valence-corrected chi connectivity index (χ0v) is 12.4. The van der Waals surface area contributed by atoms with Crippen molar-refractivity contribution in [2.75, 3.05) is 0 Å². The van der Waals surface area contributed by atoms with E-state index in [0.29, 0.717) is 20.5 Å². The molecule has 2 aromatic rings. The summed E-state index contributed by atoms with van der Waals surface area (Å²) in [6, 6.07) is 5.08. The molecule has 0 aliphatic carbocycles. The average Bonchev–Trinajstić information content (AvgIpc) is 2.83. The predicted molar refractivity (Wildman–Crippen MR) is 76.3 cm³/mol. The summed E-state index contributed by atoms with van der Waals surface area (Å²) in [6.07, 6.45) is 0. The third-order valence-electron chi connectivity index (χ3n) is 2.89. The highest BCUT2D eigenvalue weighted by atomic mass is 35.5. The maximum atomic E-state index is 12.0. The van der Waals surface area contributed by atoms with Crippen LogP contribution < -0.4 is 5.56 Å². The summed E-state index contributed by atoms with van der Waals surface area (Å²) >= 11 is 6.92. The van der Waals surface area contributed by atoms with Crippen LogP contribution in [0.5, 0.6) is 0 Å². The number of hydrogen-bond acceptors (Lipinski definition) is 5. The molecular formula is C13H10ClN3O2S. The number of rotatable bonds is 3. The first-order chi connectivity index (χ1) is 9.43. The van der Waals surface area contributed by atoms with Crippen LogP contribution in [-0.4, -0.2) is 15.6 Å². The standard InChI is InChI=1S/C13H10ClN3O2S/c1-7-8(2)16-17(13(19)9(7)5-15)6-10(18)11-3-4-12(14)20-11/h3-4H,6H2,1-2H3. The van der Waals surface area contributed by atoms with E-state index in [1.165, 1.54) is 0 Å². The molecule has 0 unspecified atom stereocenters. The van der Waals surface area contributed by atoms with E-state index in [9.17, 15) is 9.59 Å². The van der Waals surface area contributed by atoms with Crippen molar-refractivity contribution in [1.82, 2.24) is 9.78 Å². The van der Waals surface area contributed by atoms with Gasteiger partial charge in [-0.25, -0.2) is 4.68 Å². The molecule has 102 valence electrons. The minimum absolute atomic E-state index is 0.0227. The lowest BCUT2D eigenvalue weighted by Gasteiger charge is -2.07. The Bertz CT molecular complexity index is 786. The van der Waals surface area contributed by atoms with Crippen molar-refractivity contribution in [1.29, 1.82) is 5.26 Å². The number of nitrogens with zero attached hydrogens (tertiary/aromatic N) is 3. The second-order valence-corrected chi connectivity index (χ2v) is 5.90. The van der Waals surface area contributed by atoms with Crippen molar-refractivity contribution in [2.24, 2.45) is 0 Å². The summed E-state index contributed by atoms with van der Waals surface area (Å²) < 4.78 is 1.53. The van der Waals surface area contributed by atoms with E-state index >= 15 is 0 Å². The van der Waals surface area contributed by atoms with Crippen LogP contribution in [0.15, 0.2) is 16.9 Å². The van der Waals surface area contributed by atoms with Crippen LogP contribution in [0.1, 0.15) is 26.5 Å². The molecule has 0 radical (unpaired) electrons. The first-order valence-electron chi connectivity index (χ1n) is 5.71. The largest absolute Gasteiger partial charge is 0.291 e. The Morgan fingerprint density at radius 3 is 2.75 bits per heavy atom. The molecule has 0 atom stereocenters. The molecule has 0 N–H and O–H groups in total. The molecule has 2 aromatic heterocycles. The van der Waals surface area contributed by atoms with Crippen molar-refractivity contribution in [3.8, 4) is 6.07 Å². The first-order valence-corrected chi connectivity index (χ1v) is 6.90. The number of carbonyl (C=O) groups is 1. The van der Waals surface area contributed by atoms with E-state index in [4.69, 9.17) is 16.9 Å². The Morgan fingerprint density at radius 1 is 1.50 bits per heavy atom. The third kappa shape index (κ3) is 2.64. The Balaban J connectivity index is 2.40. The highest BCUT2D eigenvalue weighted by Gasteiger charge is 2.15. The molecule has 0 aliphatic heterocycles. The summed E-state index contributed by atoms with van der Waals surface area (Å²) in [5.74, 6) is -0.261. The molecule has 0 spiro atoms. The quantitative estimate of drug-likeness (QED) is 0.816. The van der Waals surface area contributed by atoms with E-state index in [-0.39, 0.29) is 17.9 Å². The molecule has 5 nitrogen and oxygen atoms in total. The molecule has 2 rings (SSSR count). The molecule has 0 saturated heterocycles. The van der Waals surface area contributed by atoms with Crippen molar-refractivity contribution in [3.63, 3.8) is 0 Å². The number of nitriles is 1. The smallest absolute Gasteiger partial charge is 0.285 e. The van der Waals surface area contributed by atoms with Gasteiger partial charge in [0, 0.05) is 0 Å². The van der Waals surface area contributed by atoms with Gasteiger partial charge in [0.15, 0.2) is 5.78 Å². The van der Waals surface area contributed by atoms with Crippen LogP contribution >= 0.6 is 22.9 Å². The number of ketones is 1. The summed E-state index contributed by atoms with van der Waals surface area (Å²) in [6.45, 7) is 3.15. The minimum Gasteiger partial charge on any atom is -0.291 e. The maximum Gasteiger partial charge on any atom is 0.285 e. The van der Waals surface area contributed by atoms with Crippen LogP contribution in [0.3, 0.4) is 0 Å². The number of aryl methyl sites for hydroxylation is 1. The monoisotopic (exact) mass is 307 g/mol. The van der Waals surface area contributed by atoms with Gasteiger partial charge < -0.3 is 0 Å². The molecule has 7 heteroatoms. The van der Waals surface area contributed by atoms with Gasteiger partial charge in [-0.3, -0.25) is 9.59 Å². The van der Waals surface area contributed by atoms with Crippen LogP contribution in [0.2, 0.25) is 4.34 Å². The second-order valence-electron chi connectivity index (χ2n) is 4.19. The van der Waals surface area contributed by atoms with Gasteiger partial charge in [-0.2, -0.15) is 10.4 Å². The summed E-state index contributed by atoms with van der Waals surface area (Å²) in [5, 5.41) is 13.1. The highest BCUT2D eigenvalue weighted by molar-refractivity contribution is 7.18. The normalized spacial score (nSPS) is 10.3. The molecule has 20 heavy (non-hydrogen) atoms. The van der Waals surface area contributed by atoms with E-state index in [2.05, 4.69) is 5.10 Å². The fraction of sp³-hybridized carbons (Fsp3) is 0.231. The Labute approximate surface area is 124 Å². The molecule has 0 saturated carbocycles. The molecule has 0 fully saturated rings. The summed E-state index contributed by atoms with van der Waals surface area (Å²) in [5.41, 5.74) is 0.569. The van der Waals surface area contributed by atoms with Crippen molar-refractivity contribution < 1.29 is 4.79 Å². The van der Waals surface area contributed by atoms with Crippen molar-refractivity contribution in [2.45, 2.75) is 20.4 Å². The number of Topliss-reactive ketones (excluding diaryl/α,β-unsaturated/α-hetero) is 1. The summed E-state index contributed by atoms with van der Waals surface area (Å²) in [4.78, 5) is 24.6. The van der Waals surface area contributed by atoms with Crippen LogP contribution in [0, 0.1) is 25.2 Å². The van der Waals surface area contributed by atoms with Crippen LogP contribution in [0.25, 0.3) is 0 Å². The molecule has 0 bridgehead atoms. The van der Waals surface area contributed by atoms with E-state index in [1.807, 2.05) is 6.07 Å².